The van der Waals surface area contributed by atoms with E-state index >= 15 is 0 Å². The molecule has 0 radical (unpaired) electrons. The van der Waals surface area contributed by atoms with Crippen molar-refractivity contribution < 1.29 is 4.74 Å². The largest absolute Gasteiger partial charge is 0.374 e. The van der Waals surface area contributed by atoms with Crippen LogP contribution in [0.3, 0.4) is 0 Å². The molecule has 1 N–H and O–H groups in total. The molecule has 12 heavy (non-hydrogen) atoms. The van der Waals surface area contributed by atoms with Gasteiger partial charge in [0.05, 0.1) is 12.2 Å². The van der Waals surface area contributed by atoms with Gasteiger partial charge >= 0.3 is 0 Å². The van der Waals surface area contributed by atoms with Crippen LogP contribution in [0.2, 0.25) is 0 Å². The molecule has 1 saturated heterocycles. The maximum Gasteiger partial charge on any atom is 0.0717 e. The monoisotopic (exact) mass is 171 g/mol. The minimum absolute atomic E-state index is 0.372. The van der Waals surface area contributed by atoms with Crippen LogP contribution in [-0.4, -0.2) is 24.8 Å². The highest BCUT2D eigenvalue weighted by atomic mass is 16.5. The zero-order chi connectivity index (χ0) is 8.97. The highest BCUT2D eigenvalue weighted by molar-refractivity contribution is 4.82. The first kappa shape index (κ1) is 10.0. The predicted molar refractivity (Wildman–Crippen MR) is 51.3 cm³/mol. The molecule has 72 valence electrons. The second kappa shape index (κ2) is 4.83. The van der Waals surface area contributed by atoms with Crippen molar-refractivity contribution in [2.45, 2.75) is 58.3 Å². The van der Waals surface area contributed by atoms with Gasteiger partial charge in [-0.15, -0.1) is 0 Å². The molecule has 2 nitrogen and oxygen atoms in total. The summed E-state index contributed by atoms with van der Waals surface area (Å²) in [5, 5.41) is 3.49. The fourth-order valence-electron chi connectivity index (χ4n) is 1.84. The van der Waals surface area contributed by atoms with Gasteiger partial charge in [0.1, 0.15) is 0 Å². The Kier molecular flexibility index (Phi) is 4.02. The van der Waals surface area contributed by atoms with Gasteiger partial charge in [0.2, 0.25) is 0 Å². The molecule has 2 heteroatoms. The lowest BCUT2D eigenvalue weighted by Crippen LogP contribution is -2.22. The summed E-state index contributed by atoms with van der Waals surface area (Å²) < 4.78 is 5.73. The van der Waals surface area contributed by atoms with E-state index in [0.29, 0.717) is 18.2 Å². The first-order valence-electron chi connectivity index (χ1n) is 5.11. The molecule has 1 fully saturated rings. The van der Waals surface area contributed by atoms with E-state index in [1.165, 1.54) is 19.3 Å². The third-order valence-corrected chi connectivity index (χ3v) is 2.28. The molecule has 0 aliphatic carbocycles. The van der Waals surface area contributed by atoms with Crippen molar-refractivity contribution in [2.24, 2.45) is 0 Å². The number of hydrogen-bond donors (Lipinski definition) is 1. The quantitative estimate of drug-likeness (QED) is 0.698. The van der Waals surface area contributed by atoms with E-state index < -0.39 is 0 Å². The molecule has 2 atom stereocenters. The topological polar surface area (TPSA) is 21.3 Å². The molecule has 0 aromatic rings. The third kappa shape index (κ3) is 3.11. The number of nitrogens with one attached hydrogen (secondary N) is 1. The molecule has 0 aromatic carbocycles. The van der Waals surface area contributed by atoms with Crippen molar-refractivity contribution in [2.75, 3.05) is 6.54 Å². The van der Waals surface area contributed by atoms with Gasteiger partial charge in [0.25, 0.3) is 0 Å². The number of ether oxygens (including phenoxy) is 1. The summed E-state index contributed by atoms with van der Waals surface area (Å²) in [6, 6.07) is 0.707. The lowest BCUT2D eigenvalue weighted by atomic mass is 10.1. The van der Waals surface area contributed by atoms with Crippen LogP contribution in [0, 0.1) is 0 Å². The SMILES string of the molecule is CCC[C@@H]1C[C@H](OC(C)C)CN1. The van der Waals surface area contributed by atoms with Gasteiger partial charge in [-0.2, -0.15) is 0 Å². The molecule has 0 bridgehead atoms. The Morgan fingerprint density at radius 2 is 2.25 bits per heavy atom. The van der Waals surface area contributed by atoms with E-state index in [0.717, 1.165) is 6.54 Å². The Bertz CT molecular complexity index is 125. The average molecular weight is 171 g/mol. The van der Waals surface area contributed by atoms with E-state index in [1.54, 1.807) is 0 Å². The molecular weight excluding hydrogens is 150 g/mol. The van der Waals surface area contributed by atoms with Crippen LogP contribution in [0.4, 0.5) is 0 Å². The molecule has 1 aliphatic heterocycles. The molecule has 0 amide bonds. The lowest BCUT2D eigenvalue weighted by Gasteiger charge is -2.13. The normalized spacial score (nSPS) is 30.0. The van der Waals surface area contributed by atoms with Gasteiger partial charge < -0.3 is 10.1 Å². The zero-order valence-corrected chi connectivity index (χ0v) is 8.47. The summed E-state index contributed by atoms with van der Waals surface area (Å²) >= 11 is 0. The molecule has 0 saturated carbocycles. The summed E-state index contributed by atoms with van der Waals surface area (Å²) in [5.74, 6) is 0. The summed E-state index contributed by atoms with van der Waals surface area (Å²) in [5.41, 5.74) is 0. The third-order valence-electron chi connectivity index (χ3n) is 2.28. The molecule has 1 heterocycles. The van der Waals surface area contributed by atoms with E-state index in [-0.39, 0.29) is 0 Å². The van der Waals surface area contributed by atoms with E-state index in [4.69, 9.17) is 4.74 Å². The highest BCUT2D eigenvalue weighted by Crippen LogP contribution is 2.15. The maximum atomic E-state index is 5.73. The Morgan fingerprint density at radius 1 is 1.50 bits per heavy atom. The fraction of sp³-hybridized carbons (Fsp3) is 1.00. The van der Waals surface area contributed by atoms with Crippen molar-refractivity contribution in [3.05, 3.63) is 0 Å². The van der Waals surface area contributed by atoms with Crippen LogP contribution >= 0.6 is 0 Å². The Morgan fingerprint density at radius 3 is 2.83 bits per heavy atom. The van der Waals surface area contributed by atoms with Crippen LogP contribution in [0.5, 0.6) is 0 Å². The van der Waals surface area contributed by atoms with E-state index in [1.807, 2.05) is 0 Å². The first-order valence-corrected chi connectivity index (χ1v) is 5.11. The zero-order valence-electron chi connectivity index (χ0n) is 8.47. The minimum Gasteiger partial charge on any atom is -0.374 e. The highest BCUT2D eigenvalue weighted by Gasteiger charge is 2.24. The van der Waals surface area contributed by atoms with Gasteiger partial charge in [0.15, 0.2) is 0 Å². The van der Waals surface area contributed by atoms with E-state index in [9.17, 15) is 0 Å². The minimum atomic E-state index is 0.372. The Balaban J connectivity index is 2.16. The van der Waals surface area contributed by atoms with Crippen LogP contribution in [0.15, 0.2) is 0 Å². The molecule has 0 spiro atoms. The van der Waals surface area contributed by atoms with Gasteiger partial charge in [0, 0.05) is 12.6 Å². The second-order valence-electron chi connectivity index (χ2n) is 3.94. The molecule has 1 aliphatic rings. The van der Waals surface area contributed by atoms with Crippen LogP contribution in [-0.2, 0) is 4.74 Å². The average Bonchev–Trinajstić information content (AvgIpc) is 2.36. The standard InChI is InChI=1S/C10H21NO/c1-4-5-9-6-10(7-11-9)12-8(2)3/h8-11H,4-7H2,1-3H3/t9-,10+/m1/s1. The predicted octanol–water partition coefficient (Wildman–Crippen LogP) is 1.94. The van der Waals surface area contributed by atoms with Gasteiger partial charge in [-0.3, -0.25) is 0 Å². The Labute approximate surface area is 75.7 Å². The van der Waals surface area contributed by atoms with Gasteiger partial charge in [-0.05, 0) is 26.7 Å². The van der Waals surface area contributed by atoms with Crippen molar-refractivity contribution in [1.29, 1.82) is 0 Å². The molecular formula is C10H21NO. The second-order valence-corrected chi connectivity index (χ2v) is 3.94. The molecule has 0 aromatic heterocycles. The van der Waals surface area contributed by atoms with Crippen molar-refractivity contribution in [1.82, 2.24) is 5.32 Å². The van der Waals surface area contributed by atoms with Crippen LogP contribution in [0.25, 0.3) is 0 Å². The van der Waals surface area contributed by atoms with E-state index in [2.05, 4.69) is 26.1 Å². The van der Waals surface area contributed by atoms with Crippen molar-refractivity contribution >= 4 is 0 Å². The van der Waals surface area contributed by atoms with Crippen molar-refractivity contribution in [3.8, 4) is 0 Å². The van der Waals surface area contributed by atoms with Crippen LogP contribution < -0.4 is 5.32 Å². The summed E-state index contributed by atoms with van der Waals surface area (Å²) in [6.45, 7) is 7.49. The fourth-order valence-corrected chi connectivity index (χ4v) is 1.84. The number of hydrogen-bond acceptors (Lipinski definition) is 2. The lowest BCUT2D eigenvalue weighted by molar-refractivity contribution is 0.0186. The summed E-state index contributed by atoms with van der Waals surface area (Å²) in [4.78, 5) is 0. The van der Waals surface area contributed by atoms with Crippen LogP contribution in [0.1, 0.15) is 40.0 Å². The van der Waals surface area contributed by atoms with Gasteiger partial charge in [-0.1, -0.05) is 13.3 Å². The smallest absolute Gasteiger partial charge is 0.0717 e. The first-order chi connectivity index (χ1) is 5.72. The van der Waals surface area contributed by atoms with Crippen molar-refractivity contribution in [3.63, 3.8) is 0 Å². The molecule has 0 unspecified atom stereocenters. The Hall–Kier alpha value is -0.0800. The maximum absolute atomic E-state index is 5.73. The summed E-state index contributed by atoms with van der Waals surface area (Å²) in [7, 11) is 0. The number of rotatable bonds is 4. The van der Waals surface area contributed by atoms with Gasteiger partial charge in [-0.25, -0.2) is 0 Å². The summed E-state index contributed by atoms with van der Waals surface area (Å²) in [6.07, 6.45) is 4.59. The molecule has 1 rings (SSSR count).